The smallest absolute Gasteiger partial charge is 0.304 e. The molecule has 5 atom stereocenters. The average molecular weight is 352 g/mol. The minimum Gasteiger partial charge on any atom is -0.497 e. The van der Waals surface area contributed by atoms with E-state index in [0.29, 0.717) is 17.8 Å². The van der Waals surface area contributed by atoms with Crippen molar-refractivity contribution in [3.63, 3.8) is 0 Å². The summed E-state index contributed by atoms with van der Waals surface area (Å²) >= 11 is 0. The Morgan fingerprint density at radius 2 is 2.08 bits per heavy atom. The molecule has 3 nitrogen and oxygen atoms in total. The lowest BCUT2D eigenvalue weighted by Crippen LogP contribution is -2.52. The molecule has 1 aromatic rings. The van der Waals surface area contributed by atoms with Crippen LogP contribution >= 0.6 is 0 Å². The first kappa shape index (κ1) is 17.5. The summed E-state index contributed by atoms with van der Waals surface area (Å²) in [5.74, 6) is 5.35. The number of terminal acetylenes is 1. The van der Waals surface area contributed by atoms with Crippen molar-refractivity contribution < 1.29 is 14.3 Å². The number of hydrogen-bond donors (Lipinski definition) is 0. The van der Waals surface area contributed by atoms with Crippen molar-refractivity contribution in [2.45, 2.75) is 63.9 Å². The molecule has 0 aliphatic heterocycles. The van der Waals surface area contributed by atoms with E-state index in [-0.39, 0.29) is 11.4 Å². The van der Waals surface area contributed by atoms with Crippen LogP contribution in [0.5, 0.6) is 5.75 Å². The van der Waals surface area contributed by atoms with Gasteiger partial charge in [-0.25, -0.2) is 0 Å². The summed E-state index contributed by atoms with van der Waals surface area (Å²) < 4.78 is 11.2. The summed E-state index contributed by atoms with van der Waals surface area (Å²) in [6.45, 7) is 3.75. The Morgan fingerprint density at radius 1 is 1.27 bits per heavy atom. The standard InChI is InChI=1S/C23H28O3/c1-5-23(26-15(2)24)13-11-21-20-8-6-16-14-17(25-4)7-9-18(16)19(20)10-12-22(21,23)3/h1,7,9,14,19-21H,6,8,10-13H2,2-4H3/t19-,20+,21-,22-,23-/m0/s1. The molecule has 4 rings (SSSR count). The third-order valence-electron chi connectivity index (χ3n) is 7.60. The van der Waals surface area contributed by atoms with Crippen LogP contribution < -0.4 is 4.74 Å². The Bertz CT molecular complexity index is 776. The van der Waals surface area contributed by atoms with Gasteiger partial charge in [-0.1, -0.05) is 18.9 Å². The van der Waals surface area contributed by atoms with Gasteiger partial charge in [-0.3, -0.25) is 4.79 Å². The van der Waals surface area contributed by atoms with E-state index in [1.807, 2.05) is 0 Å². The number of ether oxygens (including phenoxy) is 2. The molecule has 3 aliphatic rings. The van der Waals surface area contributed by atoms with Crippen LogP contribution in [0.4, 0.5) is 0 Å². The number of benzene rings is 1. The fraction of sp³-hybridized carbons (Fsp3) is 0.609. The van der Waals surface area contributed by atoms with Gasteiger partial charge < -0.3 is 9.47 Å². The Labute approximate surface area is 156 Å². The molecule has 2 saturated carbocycles. The third-order valence-corrected chi connectivity index (χ3v) is 7.60. The quantitative estimate of drug-likeness (QED) is 0.581. The predicted molar refractivity (Wildman–Crippen MR) is 101 cm³/mol. The van der Waals surface area contributed by atoms with E-state index in [9.17, 15) is 4.79 Å². The highest BCUT2D eigenvalue weighted by Crippen LogP contribution is 2.65. The maximum atomic E-state index is 11.8. The van der Waals surface area contributed by atoms with Crippen molar-refractivity contribution in [1.29, 1.82) is 0 Å². The minimum absolute atomic E-state index is 0.113. The molecule has 0 N–H and O–H groups in total. The van der Waals surface area contributed by atoms with Crippen molar-refractivity contribution >= 4 is 5.97 Å². The van der Waals surface area contributed by atoms with Gasteiger partial charge in [-0.15, -0.1) is 6.42 Å². The number of esters is 1. The van der Waals surface area contributed by atoms with Crippen LogP contribution in [0.1, 0.15) is 63.0 Å². The van der Waals surface area contributed by atoms with Gasteiger partial charge in [0.05, 0.1) is 7.11 Å². The molecule has 0 amide bonds. The van der Waals surface area contributed by atoms with Gasteiger partial charge >= 0.3 is 5.97 Å². The van der Waals surface area contributed by atoms with Gasteiger partial charge in [0.1, 0.15) is 5.75 Å². The fourth-order valence-corrected chi connectivity index (χ4v) is 6.36. The van der Waals surface area contributed by atoms with Crippen LogP contribution in [-0.2, 0) is 16.0 Å². The Morgan fingerprint density at radius 3 is 2.77 bits per heavy atom. The maximum absolute atomic E-state index is 11.8. The SMILES string of the molecule is C#C[C@]1(OC(C)=O)CC[C@H]2[C@@H]3CCc4cc(OC)ccc4[C@@H]3CC[C@@]21C. The zero-order valence-electron chi connectivity index (χ0n) is 16.0. The van der Waals surface area contributed by atoms with Crippen LogP contribution in [0.3, 0.4) is 0 Å². The summed E-state index contributed by atoms with van der Waals surface area (Å²) in [4.78, 5) is 11.8. The second-order valence-electron chi connectivity index (χ2n) is 8.54. The average Bonchev–Trinajstić information content (AvgIpc) is 2.93. The molecular weight excluding hydrogens is 324 g/mol. The van der Waals surface area contributed by atoms with E-state index in [2.05, 4.69) is 31.0 Å². The number of aryl methyl sites for hydroxylation is 1. The molecule has 0 unspecified atom stereocenters. The number of hydrogen-bond acceptors (Lipinski definition) is 3. The number of carbonyl (C=O) groups excluding carboxylic acids is 1. The molecule has 0 bridgehead atoms. The zero-order valence-corrected chi connectivity index (χ0v) is 16.0. The van der Waals surface area contributed by atoms with Crippen molar-refractivity contribution in [3.05, 3.63) is 29.3 Å². The second kappa shape index (κ2) is 6.05. The maximum Gasteiger partial charge on any atom is 0.304 e. The number of rotatable bonds is 2. The number of methoxy groups -OCH3 is 1. The fourth-order valence-electron chi connectivity index (χ4n) is 6.36. The van der Waals surface area contributed by atoms with E-state index in [4.69, 9.17) is 15.9 Å². The Hall–Kier alpha value is -1.95. The Kier molecular flexibility index (Phi) is 4.06. The predicted octanol–water partition coefficient (Wildman–Crippen LogP) is 4.49. The summed E-state index contributed by atoms with van der Waals surface area (Å²) in [6.07, 6.45) is 12.2. The van der Waals surface area contributed by atoms with E-state index >= 15 is 0 Å². The van der Waals surface area contributed by atoms with Crippen LogP contribution in [0.2, 0.25) is 0 Å². The van der Waals surface area contributed by atoms with Crippen LogP contribution in [0, 0.1) is 29.6 Å². The highest BCUT2D eigenvalue weighted by molar-refractivity contribution is 5.67. The first-order valence-electron chi connectivity index (χ1n) is 9.78. The molecule has 0 saturated heterocycles. The van der Waals surface area contributed by atoms with Crippen molar-refractivity contribution in [1.82, 2.24) is 0 Å². The Balaban J connectivity index is 1.68. The molecule has 0 spiro atoms. The van der Waals surface area contributed by atoms with Crippen LogP contribution in [-0.4, -0.2) is 18.7 Å². The highest BCUT2D eigenvalue weighted by Gasteiger charge is 2.63. The molecule has 2 fully saturated rings. The molecule has 0 heterocycles. The molecule has 138 valence electrons. The monoisotopic (exact) mass is 352 g/mol. The molecule has 0 aromatic heterocycles. The minimum atomic E-state index is -0.728. The van der Waals surface area contributed by atoms with Gasteiger partial charge in [0.25, 0.3) is 0 Å². The molecule has 3 aliphatic carbocycles. The van der Waals surface area contributed by atoms with Gasteiger partial charge in [-0.05, 0) is 79.5 Å². The van der Waals surface area contributed by atoms with Gasteiger partial charge in [0.2, 0.25) is 0 Å². The molecular formula is C23H28O3. The van der Waals surface area contributed by atoms with Gasteiger partial charge in [0.15, 0.2) is 5.60 Å². The van der Waals surface area contributed by atoms with Crippen molar-refractivity contribution in [2.24, 2.45) is 17.3 Å². The normalized spacial score (nSPS) is 37.7. The molecule has 3 heteroatoms. The summed E-state index contributed by atoms with van der Waals surface area (Å²) in [7, 11) is 1.73. The lowest BCUT2D eigenvalue weighted by Gasteiger charge is -2.52. The lowest BCUT2D eigenvalue weighted by atomic mass is 9.53. The van der Waals surface area contributed by atoms with Crippen LogP contribution in [0.25, 0.3) is 0 Å². The number of carbonyl (C=O) groups is 1. The largest absolute Gasteiger partial charge is 0.497 e. The number of fused-ring (bicyclic) bond motifs is 5. The molecule has 26 heavy (non-hydrogen) atoms. The van der Waals surface area contributed by atoms with E-state index in [1.165, 1.54) is 24.5 Å². The first-order chi connectivity index (χ1) is 12.4. The topological polar surface area (TPSA) is 35.5 Å². The van der Waals surface area contributed by atoms with Crippen molar-refractivity contribution in [2.75, 3.05) is 7.11 Å². The summed E-state index contributed by atoms with van der Waals surface area (Å²) in [5, 5.41) is 0. The first-order valence-corrected chi connectivity index (χ1v) is 9.78. The van der Waals surface area contributed by atoms with Crippen LogP contribution in [0.15, 0.2) is 18.2 Å². The second-order valence-corrected chi connectivity index (χ2v) is 8.54. The summed E-state index contributed by atoms with van der Waals surface area (Å²) in [6, 6.07) is 6.57. The van der Waals surface area contributed by atoms with Gasteiger partial charge in [0, 0.05) is 12.3 Å². The van der Waals surface area contributed by atoms with E-state index < -0.39 is 5.60 Å². The summed E-state index contributed by atoms with van der Waals surface area (Å²) in [5.41, 5.74) is 2.10. The molecule has 1 aromatic carbocycles. The third kappa shape index (κ3) is 2.31. The van der Waals surface area contributed by atoms with E-state index in [1.54, 1.807) is 7.11 Å². The zero-order chi connectivity index (χ0) is 18.5. The van der Waals surface area contributed by atoms with E-state index in [0.717, 1.165) is 37.9 Å². The highest BCUT2D eigenvalue weighted by atomic mass is 16.6. The van der Waals surface area contributed by atoms with Gasteiger partial charge in [-0.2, -0.15) is 0 Å². The molecule has 0 radical (unpaired) electrons. The van der Waals surface area contributed by atoms with Crippen molar-refractivity contribution in [3.8, 4) is 18.1 Å². The lowest BCUT2D eigenvalue weighted by molar-refractivity contribution is -0.165.